The number of aromatic nitrogens is 1. The fraction of sp³-hybridized carbons (Fsp3) is 0.308. The van der Waals surface area contributed by atoms with Gasteiger partial charge in [0, 0.05) is 37.2 Å². The summed E-state index contributed by atoms with van der Waals surface area (Å²) >= 11 is 1.47. The van der Waals surface area contributed by atoms with Crippen molar-refractivity contribution >= 4 is 48.3 Å². The Labute approximate surface area is 209 Å². The van der Waals surface area contributed by atoms with E-state index in [-0.39, 0.29) is 4.90 Å². The third-order valence-electron chi connectivity index (χ3n) is 5.88. The van der Waals surface area contributed by atoms with Crippen molar-refractivity contribution in [2.75, 3.05) is 26.3 Å². The standard InChI is InChI=1S/C26H29N3O4S2/c1-4-28(5-2)35(31,32)21-14-11-20(12-15-21)25(30)27-26-29(17-18-33-6-3)23-16-13-19-9-7-8-10-22(19)24(23)34-26/h7-16H,4-6,17-18H2,1-3H3. The summed E-state index contributed by atoms with van der Waals surface area (Å²) in [7, 11) is -3.58. The van der Waals surface area contributed by atoms with Crippen LogP contribution >= 0.6 is 11.3 Å². The Morgan fingerprint density at radius 2 is 1.71 bits per heavy atom. The number of rotatable bonds is 9. The number of carbonyl (C=O) groups excluding carboxylic acids is 1. The van der Waals surface area contributed by atoms with Gasteiger partial charge in [-0.2, -0.15) is 9.30 Å². The maximum absolute atomic E-state index is 13.1. The highest BCUT2D eigenvalue weighted by molar-refractivity contribution is 7.89. The molecule has 0 unspecified atom stereocenters. The van der Waals surface area contributed by atoms with Gasteiger partial charge in [-0.15, -0.1) is 0 Å². The first-order valence-corrected chi connectivity index (χ1v) is 13.9. The third-order valence-corrected chi connectivity index (χ3v) is 9.07. The molecule has 0 radical (unpaired) electrons. The van der Waals surface area contributed by atoms with Crippen molar-refractivity contribution in [1.82, 2.24) is 8.87 Å². The zero-order chi connectivity index (χ0) is 25.0. The Hall–Kier alpha value is -2.85. The van der Waals surface area contributed by atoms with Crippen molar-refractivity contribution in [2.45, 2.75) is 32.2 Å². The van der Waals surface area contributed by atoms with Gasteiger partial charge >= 0.3 is 0 Å². The molecule has 35 heavy (non-hydrogen) atoms. The van der Waals surface area contributed by atoms with Crippen LogP contribution in [0.4, 0.5) is 0 Å². The molecule has 9 heteroatoms. The van der Waals surface area contributed by atoms with Crippen LogP contribution < -0.4 is 4.80 Å². The van der Waals surface area contributed by atoms with E-state index >= 15 is 0 Å². The van der Waals surface area contributed by atoms with E-state index in [0.717, 1.165) is 21.0 Å². The topological polar surface area (TPSA) is 81.0 Å². The lowest BCUT2D eigenvalue weighted by molar-refractivity contribution is 0.0996. The fourth-order valence-corrected chi connectivity index (χ4v) is 6.68. The molecule has 0 fully saturated rings. The highest BCUT2D eigenvalue weighted by Crippen LogP contribution is 2.27. The summed E-state index contributed by atoms with van der Waals surface area (Å²) in [6.45, 7) is 8.00. The zero-order valence-electron chi connectivity index (χ0n) is 20.1. The highest BCUT2D eigenvalue weighted by atomic mass is 32.2. The van der Waals surface area contributed by atoms with Crippen LogP contribution in [0, 0.1) is 0 Å². The highest BCUT2D eigenvalue weighted by Gasteiger charge is 2.21. The van der Waals surface area contributed by atoms with Gasteiger partial charge in [0.2, 0.25) is 10.0 Å². The van der Waals surface area contributed by atoms with Gasteiger partial charge in [-0.25, -0.2) is 8.42 Å². The van der Waals surface area contributed by atoms with Crippen LogP contribution in [0.2, 0.25) is 0 Å². The number of sulfonamides is 1. The molecule has 1 aromatic heterocycles. The van der Waals surface area contributed by atoms with Crippen LogP contribution in [0.1, 0.15) is 31.1 Å². The summed E-state index contributed by atoms with van der Waals surface area (Å²) < 4.78 is 35.5. The van der Waals surface area contributed by atoms with Crippen molar-refractivity contribution in [3.63, 3.8) is 0 Å². The minimum absolute atomic E-state index is 0.165. The Bertz CT molecular complexity index is 1520. The molecule has 1 amide bonds. The summed E-state index contributed by atoms with van der Waals surface area (Å²) in [6.07, 6.45) is 0. The van der Waals surface area contributed by atoms with Gasteiger partial charge in [-0.3, -0.25) is 4.79 Å². The molecule has 0 aliphatic heterocycles. The molecule has 0 aliphatic rings. The Balaban J connectivity index is 1.75. The van der Waals surface area contributed by atoms with Crippen LogP contribution in [0.5, 0.6) is 0 Å². The second kappa shape index (κ2) is 10.8. The first kappa shape index (κ1) is 25.2. The molecule has 3 aromatic carbocycles. The van der Waals surface area contributed by atoms with Crippen molar-refractivity contribution in [2.24, 2.45) is 4.99 Å². The van der Waals surface area contributed by atoms with E-state index in [9.17, 15) is 13.2 Å². The van der Waals surface area contributed by atoms with E-state index in [1.807, 2.05) is 23.6 Å². The van der Waals surface area contributed by atoms with Crippen molar-refractivity contribution in [3.05, 3.63) is 71.0 Å². The van der Waals surface area contributed by atoms with E-state index in [1.54, 1.807) is 13.8 Å². The quantitative estimate of drug-likeness (QED) is 0.306. The van der Waals surface area contributed by atoms with Gasteiger partial charge in [-0.05, 0) is 42.6 Å². The number of benzene rings is 3. The summed E-state index contributed by atoms with van der Waals surface area (Å²) in [5, 5.41) is 2.24. The Morgan fingerprint density at radius 1 is 1.00 bits per heavy atom. The molecule has 4 rings (SSSR count). The van der Waals surface area contributed by atoms with Crippen molar-refractivity contribution in [3.8, 4) is 0 Å². The smallest absolute Gasteiger partial charge is 0.279 e. The molecule has 0 bridgehead atoms. The largest absolute Gasteiger partial charge is 0.380 e. The van der Waals surface area contributed by atoms with E-state index < -0.39 is 15.9 Å². The van der Waals surface area contributed by atoms with Gasteiger partial charge < -0.3 is 9.30 Å². The number of ether oxygens (including phenoxy) is 1. The minimum atomic E-state index is -3.58. The van der Waals surface area contributed by atoms with E-state index in [2.05, 4.69) is 29.3 Å². The van der Waals surface area contributed by atoms with Crippen LogP contribution in [-0.2, 0) is 21.3 Å². The number of fused-ring (bicyclic) bond motifs is 3. The number of hydrogen-bond donors (Lipinski definition) is 0. The summed E-state index contributed by atoms with van der Waals surface area (Å²) in [5.41, 5.74) is 1.34. The summed E-state index contributed by atoms with van der Waals surface area (Å²) in [6, 6.07) is 18.3. The molecular weight excluding hydrogens is 482 g/mol. The molecule has 184 valence electrons. The molecule has 7 nitrogen and oxygen atoms in total. The maximum atomic E-state index is 13.1. The molecule has 0 atom stereocenters. The number of hydrogen-bond acceptors (Lipinski definition) is 5. The average molecular weight is 512 g/mol. The second-order valence-electron chi connectivity index (χ2n) is 7.90. The summed E-state index contributed by atoms with van der Waals surface area (Å²) in [5.74, 6) is -0.419. The fourth-order valence-electron chi connectivity index (χ4n) is 4.03. The van der Waals surface area contributed by atoms with Crippen LogP contribution in [0.15, 0.2) is 70.6 Å². The third kappa shape index (κ3) is 5.08. The molecule has 0 aliphatic carbocycles. The van der Waals surface area contributed by atoms with E-state index in [4.69, 9.17) is 4.74 Å². The van der Waals surface area contributed by atoms with Gasteiger partial charge in [0.25, 0.3) is 5.91 Å². The molecule has 4 aromatic rings. The summed E-state index contributed by atoms with van der Waals surface area (Å²) in [4.78, 5) is 18.3. The number of amides is 1. The van der Waals surface area contributed by atoms with Crippen molar-refractivity contribution < 1.29 is 17.9 Å². The maximum Gasteiger partial charge on any atom is 0.279 e. The number of nitrogens with zero attached hydrogens (tertiary/aromatic N) is 3. The second-order valence-corrected chi connectivity index (χ2v) is 10.8. The van der Waals surface area contributed by atoms with Gasteiger partial charge in [0.1, 0.15) is 0 Å². The first-order chi connectivity index (χ1) is 16.9. The van der Waals surface area contributed by atoms with Crippen LogP contribution in [-0.4, -0.2) is 49.5 Å². The van der Waals surface area contributed by atoms with Crippen LogP contribution in [0.25, 0.3) is 21.0 Å². The predicted octanol–water partition coefficient (Wildman–Crippen LogP) is 4.66. The molecule has 0 saturated heterocycles. The SMILES string of the molecule is CCOCCn1c(=NC(=O)c2ccc(S(=O)(=O)N(CC)CC)cc2)sc2c3ccccc3ccc21. The predicted molar refractivity (Wildman–Crippen MR) is 140 cm³/mol. The minimum Gasteiger partial charge on any atom is -0.380 e. The average Bonchev–Trinajstić information content (AvgIpc) is 3.22. The van der Waals surface area contributed by atoms with Crippen LogP contribution in [0.3, 0.4) is 0 Å². The van der Waals surface area contributed by atoms with Crippen molar-refractivity contribution in [1.29, 1.82) is 0 Å². The molecular formula is C26H29N3O4S2. The number of thiazole rings is 1. The lowest BCUT2D eigenvalue weighted by Crippen LogP contribution is -2.30. The monoisotopic (exact) mass is 511 g/mol. The van der Waals surface area contributed by atoms with Gasteiger partial charge in [0.05, 0.1) is 21.7 Å². The molecule has 1 heterocycles. The van der Waals surface area contributed by atoms with Gasteiger partial charge in [0.15, 0.2) is 4.80 Å². The zero-order valence-corrected chi connectivity index (χ0v) is 21.7. The van der Waals surface area contributed by atoms with Gasteiger partial charge in [-0.1, -0.05) is 55.5 Å². The molecule has 0 spiro atoms. The normalized spacial score (nSPS) is 12.7. The van der Waals surface area contributed by atoms with E-state index in [1.165, 1.54) is 39.9 Å². The lowest BCUT2D eigenvalue weighted by atomic mass is 10.1. The Morgan fingerprint density at radius 3 is 2.40 bits per heavy atom. The number of carbonyl (C=O) groups is 1. The molecule has 0 saturated carbocycles. The Kier molecular flexibility index (Phi) is 7.81. The molecule has 0 N–H and O–H groups in total. The lowest BCUT2D eigenvalue weighted by Gasteiger charge is -2.18. The first-order valence-electron chi connectivity index (χ1n) is 11.7. The van der Waals surface area contributed by atoms with E-state index in [0.29, 0.717) is 43.2 Å².